The summed E-state index contributed by atoms with van der Waals surface area (Å²) in [5.41, 5.74) is 0. The van der Waals surface area contributed by atoms with Crippen molar-refractivity contribution in [2.75, 3.05) is 0 Å². The molecular weight excluding hydrogens is 264 g/mol. The van der Waals surface area contributed by atoms with Crippen LogP contribution in [0.3, 0.4) is 0 Å². The first-order chi connectivity index (χ1) is 7.48. The van der Waals surface area contributed by atoms with Crippen molar-refractivity contribution in [1.82, 2.24) is 0 Å². The summed E-state index contributed by atoms with van der Waals surface area (Å²) in [7, 11) is -6.37. The van der Waals surface area contributed by atoms with Crippen LogP contribution in [-0.4, -0.2) is 19.6 Å². The number of rotatable bonds is 7. The molecule has 0 aromatic heterocycles. The van der Waals surface area contributed by atoms with Gasteiger partial charge in [0.15, 0.2) is 0 Å². The van der Waals surface area contributed by atoms with Gasteiger partial charge in [0.05, 0.1) is 0 Å². The van der Waals surface area contributed by atoms with Crippen LogP contribution < -0.4 is 0 Å². The standard InChI is InChI=1S/C9H15F4O3S/c1-3-4-5-6-7(2)8(10,11)9(12,13)17(14,15)16/h7H,3-6H2,1-2H3. The highest BCUT2D eigenvalue weighted by atomic mass is 32.2. The molecule has 103 valence electrons. The van der Waals surface area contributed by atoms with Crippen molar-refractivity contribution in [3.63, 3.8) is 0 Å². The molecule has 8 heteroatoms. The van der Waals surface area contributed by atoms with E-state index in [1.165, 1.54) is 0 Å². The van der Waals surface area contributed by atoms with Crippen LogP contribution in [-0.2, 0) is 14.7 Å². The molecule has 0 bridgehead atoms. The zero-order chi connectivity index (χ0) is 13.9. The minimum Gasteiger partial charge on any atom is -0.198 e. The smallest absolute Gasteiger partial charge is 0.198 e. The van der Waals surface area contributed by atoms with E-state index in [-0.39, 0.29) is 12.8 Å². The van der Waals surface area contributed by atoms with Crippen molar-refractivity contribution in [1.29, 1.82) is 0 Å². The molecule has 0 amide bonds. The van der Waals surface area contributed by atoms with Crippen molar-refractivity contribution in [3.8, 4) is 0 Å². The van der Waals surface area contributed by atoms with Crippen LogP contribution >= 0.6 is 0 Å². The minimum absolute atomic E-state index is 0.258. The number of unbranched alkanes of at least 4 members (excludes halogenated alkanes) is 2. The first kappa shape index (κ1) is 16.6. The number of alkyl halides is 4. The summed E-state index contributed by atoms with van der Waals surface area (Å²) < 4.78 is 82.5. The van der Waals surface area contributed by atoms with E-state index in [0.29, 0.717) is 12.8 Å². The lowest BCUT2D eigenvalue weighted by molar-refractivity contribution is -0.191. The van der Waals surface area contributed by atoms with Gasteiger partial charge < -0.3 is 0 Å². The molecule has 3 nitrogen and oxygen atoms in total. The van der Waals surface area contributed by atoms with Crippen LogP contribution in [0.4, 0.5) is 17.6 Å². The third-order valence-electron chi connectivity index (χ3n) is 2.56. The fourth-order valence-electron chi connectivity index (χ4n) is 1.34. The molecule has 0 rings (SSSR count). The van der Waals surface area contributed by atoms with Crippen molar-refractivity contribution < 1.29 is 30.5 Å². The zero-order valence-corrected chi connectivity index (χ0v) is 10.4. The Kier molecular flexibility index (Phi) is 5.39. The van der Waals surface area contributed by atoms with E-state index < -0.39 is 27.2 Å². The Morgan fingerprint density at radius 3 is 1.94 bits per heavy atom. The second-order valence-electron chi connectivity index (χ2n) is 3.99. The Morgan fingerprint density at radius 2 is 1.59 bits per heavy atom. The third-order valence-corrected chi connectivity index (χ3v) is 3.46. The quantitative estimate of drug-likeness (QED) is 0.531. The normalized spacial score (nSPS) is 15.9. The fraction of sp³-hybridized carbons (Fsp3) is 1.00. The Hall–Kier alpha value is -0.370. The van der Waals surface area contributed by atoms with E-state index in [1.54, 1.807) is 6.92 Å². The monoisotopic (exact) mass is 279 g/mol. The van der Waals surface area contributed by atoms with Crippen molar-refractivity contribution >= 4 is 10.1 Å². The van der Waals surface area contributed by atoms with E-state index in [0.717, 1.165) is 6.92 Å². The van der Waals surface area contributed by atoms with Crippen molar-refractivity contribution in [2.24, 2.45) is 5.92 Å². The fourth-order valence-corrected chi connectivity index (χ4v) is 1.87. The van der Waals surface area contributed by atoms with Crippen LogP contribution in [0, 0.1) is 5.92 Å². The summed E-state index contributed by atoms with van der Waals surface area (Å²) in [6.45, 7) is 2.62. The highest BCUT2D eigenvalue weighted by molar-refractivity contribution is 7.86. The van der Waals surface area contributed by atoms with Crippen molar-refractivity contribution in [2.45, 2.75) is 50.7 Å². The van der Waals surface area contributed by atoms with Gasteiger partial charge >= 0.3 is 21.3 Å². The summed E-state index contributed by atoms with van der Waals surface area (Å²) >= 11 is 0. The molecule has 0 N–H and O–H groups in total. The molecule has 0 saturated heterocycles. The predicted octanol–water partition coefficient (Wildman–Crippen LogP) is 3.19. The first-order valence-corrected chi connectivity index (χ1v) is 6.60. The predicted molar refractivity (Wildman–Crippen MR) is 52.8 cm³/mol. The molecule has 0 aliphatic carbocycles. The van der Waals surface area contributed by atoms with E-state index in [4.69, 9.17) is 0 Å². The van der Waals surface area contributed by atoms with Gasteiger partial charge in [0.2, 0.25) is 0 Å². The van der Waals surface area contributed by atoms with Gasteiger partial charge in [-0.3, -0.25) is 0 Å². The maximum atomic E-state index is 13.2. The molecule has 0 aromatic carbocycles. The van der Waals surface area contributed by atoms with Gasteiger partial charge in [-0.1, -0.05) is 37.7 Å². The molecule has 0 spiro atoms. The van der Waals surface area contributed by atoms with Crippen LogP contribution in [0.25, 0.3) is 0 Å². The SMILES string of the molecule is CCCCCC(C)C(F)(F)C(F)(F)S([O])(=O)=O. The number of halogens is 4. The Balaban J connectivity index is 4.88. The van der Waals surface area contributed by atoms with Gasteiger partial charge in [-0.15, -0.1) is 0 Å². The van der Waals surface area contributed by atoms with Crippen LogP contribution in [0.2, 0.25) is 0 Å². The van der Waals surface area contributed by atoms with Crippen molar-refractivity contribution in [3.05, 3.63) is 0 Å². The maximum Gasteiger partial charge on any atom is 0.434 e. The zero-order valence-electron chi connectivity index (χ0n) is 9.55. The average molecular weight is 279 g/mol. The van der Waals surface area contributed by atoms with E-state index in [9.17, 15) is 30.5 Å². The first-order valence-electron chi connectivity index (χ1n) is 5.19. The van der Waals surface area contributed by atoms with E-state index in [1.807, 2.05) is 0 Å². The Morgan fingerprint density at radius 1 is 1.12 bits per heavy atom. The lowest BCUT2D eigenvalue weighted by atomic mass is 9.96. The summed E-state index contributed by atoms with van der Waals surface area (Å²) in [6, 6.07) is 0. The summed E-state index contributed by atoms with van der Waals surface area (Å²) in [6.07, 6.45) is 1.32. The largest absolute Gasteiger partial charge is 0.434 e. The molecule has 17 heavy (non-hydrogen) atoms. The Labute approximate surface area is 97.9 Å². The topological polar surface area (TPSA) is 54.0 Å². The summed E-state index contributed by atoms with van der Waals surface area (Å²) in [5, 5.41) is -5.56. The molecule has 0 aliphatic heterocycles. The van der Waals surface area contributed by atoms with Crippen LogP contribution in [0.1, 0.15) is 39.5 Å². The van der Waals surface area contributed by atoms with Gasteiger partial charge in [0.25, 0.3) is 0 Å². The summed E-state index contributed by atoms with van der Waals surface area (Å²) in [5.74, 6) is -6.71. The molecule has 0 aromatic rings. The molecule has 0 saturated carbocycles. The average Bonchev–Trinajstić information content (AvgIpc) is 2.15. The number of hydrogen-bond acceptors (Lipinski definition) is 2. The van der Waals surface area contributed by atoms with Gasteiger partial charge in [-0.05, 0) is 6.42 Å². The van der Waals surface area contributed by atoms with Gasteiger partial charge in [-0.2, -0.15) is 26.0 Å². The van der Waals surface area contributed by atoms with Crippen LogP contribution in [0.5, 0.6) is 0 Å². The lowest BCUT2D eigenvalue weighted by Gasteiger charge is -2.28. The maximum absolute atomic E-state index is 13.2. The van der Waals surface area contributed by atoms with Gasteiger partial charge in [0, 0.05) is 5.92 Å². The second-order valence-corrected chi connectivity index (χ2v) is 5.41. The highest BCUT2D eigenvalue weighted by Crippen LogP contribution is 2.45. The molecule has 1 unspecified atom stereocenters. The van der Waals surface area contributed by atoms with Crippen LogP contribution in [0.15, 0.2) is 0 Å². The minimum atomic E-state index is -6.37. The second kappa shape index (κ2) is 5.51. The highest BCUT2D eigenvalue weighted by Gasteiger charge is 2.68. The van der Waals surface area contributed by atoms with E-state index >= 15 is 0 Å². The van der Waals surface area contributed by atoms with E-state index in [2.05, 4.69) is 0 Å². The number of hydrogen-bond donors (Lipinski definition) is 0. The molecule has 1 radical (unpaired) electrons. The molecule has 0 fully saturated rings. The summed E-state index contributed by atoms with van der Waals surface area (Å²) in [4.78, 5) is 0. The van der Waals surface area contributed by atoms with Gasteiger partial charge in [0.1, 0.15) is 0 Å². The molecule has 1 atom stereocenters. The molecular formula is C9H15F4O3S. The van der Waals surface area contributed by atoms with Gasteiger partial charge in [-0.25, -0.2) is 0 Å². The Bertz CT molecular complexity index is 340. The molecule has 0 heterocycles. The lowest BCUT2D eigenvalue weighted by Crippen LogP contribution is -2.50. The molecule has 0 aliphatic rings. The third kappa shape index (κ3) is 3.54.